The van der Waals surface area contributed by atoms with Gasteiger partial charge in [0.25, 0.3) is 5.91 Å². The molecule has 132 valence electrons. The molecule has 2 amide bonds. The first-order valence-corrected chi connectivity index (χ1v) is 8.87. The summed E-state index contributed by atoms with van der Waals surface area (Å²) in [4.78, 5) is 28.1. The maximum absolute atomic E-state index is 12.5. The van der Waals surface area contributed by atoms with Gasteiger partial charge in [-0.15, -0.1) is 0 Å². The maximum atomic E-state index is 12.5. The second kappa shape index (κ2) is 9.42. The summed E-state index contributed by atoms with van der Waals surface area (Å²) in [6, 6.07) is 7.54. The van der Waals surface area contributed by atoms with E-state index in [-0.39, 0.29) is 11.8 Å². The van der Waals surface area contributed by atoms with Crippen molar-refractivity contribution < 1.29 is 9.59 Å². The normalized spacial score (nSPS) is 15.7. The Morgan fingerprint density at radius 3 is 2.21 bits per heavy atom. The van der Waals surface area contributed by atoms with Crippen molar-refractivity contribution in [3.05, 3.63) is 35.4 Å². The zero-order valence-corrected chi connectivity index (χ0v) is 14.9. The molecular formula is C19H29N3O2. The molecule has 0 saturated carbocycles. The van der Waals surface area contributed by atoms with Crippen molar-refractivity contribution in [2.24, 2.45) is 0 Å². The smallest absolute Gasteiger partial charge is 0.251 e. The number of nitrogens with zero attached hydrogens (tertiary/aromatic N) is 2. The van der Waals surface area contributed by atoms with E-state index in [0.717, 1.165) is 31.5 Å². The SMILES string of the molecule is CNC(=O)c1ccc(CN(C)CC(=O)N2CCCCCCC2)cc1. The van der Waals surface area contributed by atoms with Gasteiger partial charge in [-0.3, -0.25) is 14.5 Å². The van der Waals surface area contributed by atoms with Crippen LogP contribution in [0.1, 0.15) is 48.0 Å². The molecule has 1 heterocycles. The van der Waals surface area contributed by atoms with Crippen LogP contribution in [-0.2, 0) is 11.3 Å². The largest absolute Gasteiger partial charge is 0.355 e. The highest BCUT2D eigenvalue weighted by atomic mass is 16.2. The van der Waals surface area contributed by atoms with E-state index in [4.69, 9.17) is 0 Å². The van der Waals surface area contributed by atoms with Crippen LogP contribution in [0.2, 0.25) is 0 Å². The lowest BCUT2D eigenvalue weighted by atomic mass is 10.1. The van der Waals surface area contributed by atoms with Crippen molar-refractivity contribution in [3.8, 4) is 0 Å². The third-order valence-electron chi connectivity index (χ3n) is 4.51. The molecule has 0 spiro atoms. The maximum Gasteiger partial charge on any atom is 0.251 e. The van der Waals surface area contributed by atoms with Crippen LogP contribution >= 0.6 is 0 Å². The average molecular weight is 331 g/mol. The zero-order valence-electron chi connectivity index (χ0n) is 14.9. The van der Waals surface area contributed by atoms with Crippen molar-refractivity contribution in [2.45, 2.75) is 38.6 Å². The van der Waals surface area contributed by atoms with E-state index in [0.29, 0.717) is 18.7 Å². The van der Waals surface area contributed by atoms with Crippen LogP contribution < -0.4 is 5.32 Å². The molecule has 1 saturated heterocycles. The third kappa shape index (κ3) is 5.64. The van der Waals surface area contributed by atoms with Crippen LogP contribution in [0.25, 0.3) is 0 Å². The van der Waals surface area contributed by atoms with E-state index in [1.54, 1.807) is 7.05 Å². The Morgan fingerprint density at radius 2 is 1.62 bits per heavy atom. The van der Waals surface area contributed by atoms with Gasteiger partial charge in [-0.25, -0.2) is 0 Å². The molecule has 24 heavy (non-hydrogen) atoms. The minimum Gasteiger partial charge on any atom is -0.355 e. The fourth-order valence-electron chi connectivity index (χ4n) is 3.10. The Hall–Kier alpha value is -1.88. The molecule has 0 atom stereocenters. The summed E-state index contributed by atoms with van der Waals surface area (Å²) in [7, 11) is 3.59. The van der Waals surface area contributed by atoms with E-state index in [9.17, 15) is 9.59 Å². The number of benzene rings is 1. The molecule has 2 rings (SSSR count). The van der Waals surface area contributed by atoms with Crippen LogP contribution in [-0.4, -0.2) is 55.3 Å². The van der Waals surface area contributed by atoms with Crippen molar-refractivity contribution in [1.82, 2.24) is 15.1 Å². The van der Waals surface area contributed by atoms with Gasteiger partial charge >= 0.3 is 0 Å². The number of carbonyl (C=O) groups excluding carboxylic acids is 2. The summed E-state index contributed by atoms with van der Waals surface area (Å²) >= 11 is 0. The number of carbonyl (C=O) groups is 2. The minimum atomic E-state index is -0.0813. The molecule has 0 radical (unpaired) electrons. The molecule has 1 aromatic rings. The number of hydrogen-bond donors (Lipinski definition) is 1. The Balaban J connectivity index is 1.84. The van der Waals surface area contributed by atoms with E-state index < -0.39 is 0 Å². The predicted molar refractivity (Wildman–Crippen MR) is 95.8 cm³/mol. The Labute approximate surface area is 145 Å². The number of likely N-dealkylation sites (tertiary alicyclic amines) is 1. The highest BCUT2D eigenvalue weighted by Gasteiger charge is 2.16. The number of hydrogen-bond acceptors (Lipinski definition) is 3. The lowest BCUT2D eigenvalue weighted by Gasteiger charge is -2.27. The van der Waals surface area contributed by atoms with Crippen LogP contribution in [0.3, 0.4) is 0 Å². The van der Waals surface area contributed by atoms with Crippen LogP contribution in [0, 0.1) is 0 Å². The van der Waals surface area contributed by atoms with Gasteiger partial charge in [0, 0.05) is 32.2 Å². The lowest BCUT2D eigenvalue weighted by Crippen LogP contribution is -2.40. The van der Waals surface area contributed by atoms with Crippen molar-refractivity contribution in [3.63, 3.8) is 0 Å². The van der Waals surface area contributed by atoms with Gasteiger partial charge in [-0.1, -0.05) is 31.4 Å². The van der Waals surface area contributed by atoms with Gasteiger partial charge in [0.1, 0.15) is 0 Å². The lowest BCUT2D eigenvalue weighted by molar-refractivity contribution is -0.132. The minimum absolute atomic E-state index is 0.0813. The molecule has 0 bridgehead atoms. The summed E-state index contributed by atoms with van der Waals surface area (Å²) in [6.07, 6.45) is 6.01. The number of nitrogens with one attached hydrogen (secondary N) is 1. The van der Waals surface area contributed by atoms with E-state index in [1.807, 2.05) is 41.1 Å². The van der Waals surface area contributed by atoms with Gasteiger partial charge in [-0.05, 0) is 37.6 Å². The summed E-state index contributed by atoms with van der Waals surface area (Å²) in [5, 5.41) is 2.61. The van der Waals surface area contributed by atoms with Gasteiger partial charge in [0.05, 0.1) is 6.54 Å². The molecular weight excluding hydrogens is 302 g/mol. The van der Waals surface area contributed by atoms with Crippen molar-refractivity contribution >= 4 is 11.8 Å². The number of likely N-dealkylation sites (N-methyl/N-ethyl adjacent to an activating group) is 1. The van der Waals surface area contributed by atoms with E-state index >= 15 is 0 Å². The van der Waals surface area contributed by atoms with Crippen molar-refractivity contribution in [1.29, 1.82) is 0 Å². The average Bonchev–Trinajstić information content (AvgIpc) is 2.54. The Bertz CT molecular complexity index is 534. The monoisotopic (exact) mass is 331 g/mol. The predicted octanol–water partition coefficient (Wildman–Crippen LogP) is 2.27. The summed E-state index contributed by atoms with van der Waals surface area (Å²) in [5.41, 5.74) is 1.76. The topological polar surface area (TPSA) is 52.7 Å². The van der Waals surface area contributed by atoms with Gasteiger partial charge < -0.3 is 10.2 Å². The molecule has 0 unspecified atom stereocenters. The molecule has 5 nitrogen and oxygen atoms in total. The zero-order chi connectivity index (χ0) is 17.4. The summed E-state index contributed by atoms with van der Waals surface area (Å²) in [5.74, 6) is 0.142. The standard InChI is InChI=1S/C19H29N3O2/c1-20-19(24)17-10-8-16(9-11-17)14-21(2)15-18(23)22-12-6-4-3-5-7-13-22/h8-11H,3-7,12-15H2,1-2H3,(H,20,24). The Morgan fingerprint density at radius 1 is 1.04 bits per heavy atom. The molecule has 1 aliphatic rings. The van der Waals surface area contributed by atoms with Crippen LogP contribution in [0.15, 0.2) is 24.3 Å². The number of amides is 2. The highest BCUT2D eigenvalue weighted by Crippen LogP contribution is 2.11. The quantitative estimate of drug-likeness (QED) is 0.900. The molecule has 1 fully saturated rings. The second-order valence-corrected chi connectivity index (χ2v) is 6.60. The van der Waals surface area contributed by atoms with E-state index in [1.165, 1.54) is 19.3 Å². The van der Waals surface area contributed by atoms with Crippen molar-refractivity contribution in [2.75, 3.05) is 33.7 Å². The molecule has 1 N–H and O–H groups in total. The van der Waals surface area contributed by atoms with E-state index in [2.05, 4.69) is 5.32 Å². The second-order valence-electron chi connectivity index (χ2n) is 6.60. The molecule has 0 aliphatic carbocycles. The molecule has 1 aromatic carbocycles. The first kappa shape index (κ1) is 18.5. The third-order valence-corrected chi connectivity index (χ3v) is 4.51. The molecule has 1 aliphatic heterocycles. The fraction of sp³-hybridized carbons (Fsp3) is 0.579. The first-order chi connectivity index (χ1) is 11.6. The molecule has 0 aromatic heterocycles. The van der Waals surface area contributed by atoms with Gasteiger partial charge in [0.15, 0.2) is 0 Å². The van der Waals surface area contributed by atoms with Crippen LogP contribution in [0.4, 0.5) is 0 Å². The fourth-order valence-corrected chi connectivity index (χ4v) is 3.10. The summed E-state index contributed by atoms with van der Waals surface area (Å²) < 4.78 is 0. The first-order valence-electron chi connectivity index (χ1n) is 8.87. The Kier molecular flexibility index (Phi) is 7.25. The van der Waals surface area contributed by atoms with Crippen LogP contribution in [0.5, 0.6) is 0 Å². The summed E-state index contributed by atoms with van der Waals surface area (Å²) in [6.45, 7) is 2.94. The van der Waals surface area contributed by atoms with Gasteiger partial charge in [0.2, 0.25) is 5.91 Å². The number of rotatable bonds is 5. The highest BCUT2D eigenvalue weighted by molar-refractivity contribution is 5.93. The van der Waals surface area contributed by atoms with Gasteiger partial charge in [-0.2, -0.15) is 0 Å². The molecule has 5 heteroatoms.